The summed E-state index contributed by atoms with van der Waals surface area (Å²) in [6.07, 6.45) is 11.0. The molecule has 0 amide bonds. The van der Waals surface area contributed by atoms with Crippen LogP contribution in [0.25, 0.3) is 0 Å². The van der Waals surface area contributed by atoms with Gasteiger partial charge in [-0.25, -0.2) is 0 Å². The predicted octanol–water partition coefficient (Wildman–Crippen LogP) is 4.41. The van der Waals surface area contributed by atoms with Crippen LogP contribution >= 0.6 is 0 Å². The molecule has 0 bridgehead atoms. The molecule has 18 heavy (non-hydrogen) atoms. The normalized spacial score (nSPS) is 16.5. The van der Waals surface area contributed by atoms with Crippen molar-refractivity contribution in [1.29, 1.82) is 0 Å². The summed E-state index contributed by atoms with van der Waals surface area (Å²) in [5.74, 6) is 1.99. The smallest absolute Gasteiger partial charge is 0.0697 e. The van der Waals surface area contributed by atoms with Crippen molar-refractivity contribution in [1.82, 2.24) is 0 Å². The van der Waals surface area contributed by atoms with Crippen molar-refractivity contribution < 1.29 is 9.84 Å². The van der Waals surface area contributed by atoms with Crippen LogP contribution in [0.3, 0.4) is 0 Å². The first-order valence-corrected chi connectivity index (χ1v) is 7.91. The Balaban J connectivity index is 0.000000321. The molecule has 0 unspecified atom stereocenters. The van der Waals surface area contributed by atoms with Gasteiger partial charge < -0.3 is 9.84 Å². The molecule has 0 atom stereocenters. The molecule has 0 heterocycles. The number of hydrogen-bond acceptors (Lipinski definition) is 2. The summed E-state index contributed by atoms with van der Waals surface area (Å²) in [6.45, 7) is 8.31. The number of unbranched alkanes of at least 4 members (excludes halogenated alkanes) is 2. The average molecular weight is 258 g/mol. The standard InChI is InChI=1S/C9H18.C7H16O2/c1-8(2)9-6-4-3-5-7-9;1-2-3-4-6-9-7-5-8/h8-9H,3-7H2,1-2H3;8H,2-7H2,1H3. The molecule has 0 radical (unpaired) electrons. The van der Waals surface area contributed by atoms with E-state index in [4.69, 9.17) is 9.84 Å². The lowest BCUT2D eigenvalue weighted by Gasteiger charge is -2.24. The number of aliphatic hydroxyl groups is 1. The second-order valence-corrected chi connectivity index (χ2v) is 5.69. The first-order chi connectivity index (χ1) is 8.72. The zero-order valence-electron chi connectivity index (χ0n) is 12.8. The molecule has 1 aliphatic rings. The van der Waals surface area contributed by atoms with Crippen LogP contribution in [0.2, 0.25) is 0 Å². The molecule has 0 aromatic carbocycles. The molecule has 1 rings (SSSR count). The quantitative estimate of drug-likeness (QED) is 0.685. The van der Waals surface area contributed by atoms with Crippen molar-refractivity contribution >= 4 is 0 Å². The van der Waals surface area contributed by atoms with Crippen molar-refractivity contribution in [3.8, 4) is 0 Å². The van der Waals surface area contributed by atoms with Crippen molar-refractivity contribution in [2.75, 3.05) is 19.8 Å². The van der Waals surface area contributed by atoms with E-state index in [9.17, 15) is 0 Å². The molecule has 1 N–H and O–H groups in total. The van der Waals surface area contributed by atoms with Crippen LogP contribution in [0.4, 0.5) is 0 Å². The Labute approximate surface area is 114 Å². The highest BCUT2D eigenvalue weighted by Gasteiger charge is 2.15. The lowest BCUT2D eigenvalue weighted by Crippen LogP contribution is -2.12. The maximum atomic E-state index is 8.30. The first-order valence-electron chi connectivity index (χ1n) is 7.91. The largest absolute Gasteiger partial charge is 0.394 e. The minimum Gasteiger partial charge on any atom is -0.394 e. The Hall–Kier alpha value is -0.0800. The van der Waals surface area contributed by atoms with E-state index in [0.29, 0.717) is 6.61 Å². The predicted molar refractivity (Wildman–Crippen MR) is 78.8 cm³/mol. The highest BCUT2D eigenvalue weighted by Crippen LogP contribution is 2.29. The molecule has 0 aromatic rings. The third-order valence-corrected chi connectivity index (χ3v) is 3.72. The van der Waals surface area contributed by atoms with Gasteiger partial charge in [-0.2, -0.15) is 0 Å². The Morgan fingerprint density at radius 1 is 1.06 bits per heavy atom. The fraction of sp³-hybridized carbons (Fsp3) is 1.00. The molecular weight excluding hydrogens is 224 g/mol. The van der Waals surface area contributed by atoms with Gasteiger partial charge in [0, 0.05) is 6.61 Å². The van der Waals surface area contributed by atoms with Crippen molar-refractivity contribution in [2.45, 2.75) is 72.1 Å². The van der Waals surface area contributed by atoms with Crippen LogP contribution in [0.1, 0.15) is 72.1 Å². The minimum atomic E-state index is 0.145. The lowest BCUT2D eigenvalue weighted by atomic mass is 9.82. The van der Waals surface area contributed by atoms with E-state index >= 15 is 0 Å². The van der Waals surface area contributed by atoms with E-state index in [1.165, 1.54) is 44.9 Å². The van der Waals surface area contributed by atoms with Crippen molar-refractivity contribution in [3.05, 3.63) is 0 Å². The number of rotatable bonds is 7. The molecule has 0 saturated heterocycles. The van der Waals surface area contributed by atoms with Crippen LogP contribution < -0.4 is 0 Å². The van der Waals surface area contributed by atoms with Crippen LogP contribution in [-0.4, -0.2) is 24.9 Å². The minimum absolute atomic E-state index is 0.145. The lowest BCUT2D eigenvalue weighted by molar-refractivity contribution is 0.0898. The fourth-order valence-corrected chi connectivity index (χ4v) is 2.42. The maximum absolute atomic E-state index is 8.30. The summed E-state index contributed by atoms with van der Waals surface area (Å²) < 4.78 is 5.03. The van der Waals surface area contributed by atoms with E-state index in [1.54, 1.807) is 0 Å². The Kier molecular flexibility index (Phi) is 13.3. The van der Waals surface area contributed by atoms with Gasteiger partial charge in [-0.3, -0.25) is 0 Å². The molecule has 2 nitrogen and oxygen atoms in total. The number of ether oxygens (including phenoxy) is 1. The third-order valence-electron chi connectivity index (χ3n) is 3.72. The molecule has 0 aromatic heterocycles. The maximum Gasteiger partial charge on any atom is 0.0697 e. The van der Waals surface area contributed by atoms with E-state index in [0.717, 1.165) is 24.9 Å². The van der Waals surface area contributed by atoms with Gasteiger partial charge in [0.2, 0.25) is 0 Å². The molecule has 1 fully saturated rings. The monoisotopic (exact) mass is 258 g/mol. The SMILES string of the molecule is CC(C)C1CCCCC1.CCCCCOCCO. The van der Waals surface area contributed by atoms with Gasteiger partial charge in [0.25, 0.3) is 0 Å². The van der Waals surface area contributed by atoms with E-state index < -0.39 is 0 Å². The van der Waals surface area contributed by atoms with E-state index in [1.807, 2.05) is 0 Å². The zero-order valence-corrected chi connectivity index (χ0v) is 12.8. The summed E-state index contributed by atoms with van der Waals surface area (Å²) in [5.41, 5.74) is 0. The van der Waals surface area contributed by atoms with Crippen LogP contribution in [-0.2, 0) is 4.74 Å². The summed E-state index contributed by atoms with van der Waals surface area (Å²) in [6, 6.07) is 0. The summed E-state index contributed by atoms with van der Waals surface area (Å²) in [7, 11) is 0. The average Bonchev–Trinajstić information content (AvgIpc) is 2.40. The molecule has 1 aliphatic carbocycles. The van der Waals surface area contributed by atoms with Gasteiger partial charge in [-0.15, -0.1) is 0 Å². The van der Waals surface area contributed by atoms with Crippen LogP contribution in [0.5, 0.6) is 0 Å². The molecular formula is C16H34O2. The van der Waals surface area contributed by atoms with Gasteiger partial charge in [-0.1, -0.05) is 65.7 Å². The van der Waals surface area contributed by atoms with Gasteiger partial charge in [-0.05, 0) is 18.3 Å². The van der Waals surface area contributed by atoms with Crippen molar-refractivity contribution in [3.63, 3.8) is 0 Å². The van der Waals surface area contributed by atoms with Crippen LogP contribution in [0.15, 0.2) is 0 Å². The molecule has 110 valence electrons. The summed E-state index contributed by atoms with van der Waals surface area (Å²) in [5, 5.41) is 8.30. The first kappa shape index (κ1) is 17.9. The zero-order chi connectivity index (χ0) is 13.6. The Morgan fingerprint density at radius 3 is 2.17 bits per heavy atom. The van der Waals surface area contributed by atoms with Gasteiger partial charge in [0.15, 0.2) is 0 Å². The highest BCUT2D eigenvalue weighted by molar-refractivity contribution is 4.67. The summed E-state index contributed by atoms with van der Waals surface area (Å²) in [4.78, 5) is 0. The topological polar surface area (TPSA) is 29.5 Å². The number of aliphatic hydroxyl groups excluding tert-OH is 1. The molecule has 1 saturated carbocycles. The van der Waals surface area contributed by atoms with E-state index in [-0.39, 0.29) is 6.61 Å². The van der Waals surface area contributed by atoms with Gasteiger partial charge >= 0.3 is 0 Å². The van der Waals surface area contributed by atoms with Crippen LogP contribution in [0, 0.1) is 11.8 Å². The second-order valence-electron chi connectivity index (χ2n) is 5.69. The molecule has 2 heteroatoms. The van der Waals surface area contributed by atoms with Gasteiger partial charge in [0.1, 0.15) is 0 Å². The Bertz CT molecular complexity index is 145. The summed E-state index contributed by atoms with van der Waals surface area (Å²) >= 11 is 0. The van der Waals surface area contributed by atoms with E-state index in [2.05, 4.69) is 20.8 Å². The third kappa shape index (κ3) is 11.0. The highest BCUT2D eigenvalue weighted by atomic mass is 16.5. The van der Waals surface area contributed by atoms with Gasteiger partial charge in [0.05, 0.1) is 13.2 Å². The fourth-order valence-electron chi connectivity index (χ4n) is 2.42. The van der Waals surface area contributed by atoms with Crippen molar-refractivity contribution in [2.24, 2.45) is 11.8 Å². The second kappa shape index (κ2) is 13.4. The Morgan fingerprint density at radius 2 is 1.72 bits per heavy atom. The number of hydrogen-bond donors (Lipinski definition) is 1. The molecule has 0 aliphatic heterocycles. The molecule has 0 spiro atoms.